The van der Waals surface area contributed by atoms with Crippen LogP contribution in [-0.4, -0.2) is 26.5 Å². The van der Waals surface area contributed by atoms with E-state index in [9.17, 15) is 4.79 Å². The Morgan fingerprint density at radius 3 is 2.87 bits per heavy atom. The lowest BCUT2D eigenvalue weighted by molar-refractivity contribution is -0.113. The number of para-hydroxylation sites is 1. The molecule has 9 heteroatoms. The van der Waals surface area contributed by atoms with Gasteiger partial charge >= 0.3 is 0 Å². The minimum absolute atomic E-state index is 0.111. The lowest BCUT2D eigenvalue weighted by Gasteiger charge is -2.06. The molecule has 6 nitrogen and oxygen atoms in total. The number of carbonyl (C=O) groups is 1. The number of carbonyl (C=O) groups excluding carboxylic acids is 1. The molecule has 1 amide bonds. The highest BCUT2D eigenvalue weighted by molar-refractivity contribution is 14.1. The zero-order valence-electron chi connectivity index (χ0n) is 11.8. The smallest absolute Gasteiger partial charge is 0.234 e. The van der Waals surface area contributed by atoms with Crippen molar-refractivity contribution in [2.24, 2.45) is 0 Å². The van der Waals surface area contributed by atoms with Crippen molar-refractivity contribution < 1.29 is 4.79 Å². The van der Waals surface area contributed by atoms with Crippen LogP contribution in [0.4, 0.5) is 5.69 Å². The maximum Gasteiger partial charge on any atom is 0.234 e. The standard InChI is InChI=1S/C14H12IN5OS2/c15-9-4-1-2-5-10(9)17-12(21)8-23-14-19-18-13(20(14)16)11-6-3-7-22-11/h1-7H,8,16H2,(H,17,21). The monoisotopic (exact) mass is 457 g/mol. The van der Waals surface area contributed by atoms with Gasteiger partial charge in [-0.25, -0.2) is 4.68 Å². The Morgan fingerprint density at radius 1 is 1.30 bits per heavy atom. The molecule has 3 N–H and O–H groups in total. The van der Waals surface area contributed by atoms with E-state index in [2.05, 4.69) is 38.1 Å². The molecular formula is C14H12IN5OS2. The van der Waals surface area contributed by atoms with Crippen molar-refractivity contribution >= 4 is 57.3 Å². The number of rotatable bonds is 5. The molecule has 23 heavy (non-hydrogen) atoms. The van der Waals surface area contributed by atoms with Gasteiger partial charge in [0, 0.05) is 3.57 Å². The van der Waals surface area contributed by atoms with E-state index < -0.39 is 0 Å². The number of benzene rings is 1. The van der Waals surface area contributed by atoms with Gasteiger partial charge in [-0.15, -0.1) is 21.5 Å². The molecule has 0 spiro atoms. The molecule has 2 heterocycles. The molecule has 1 aromatic carbocycles. The Morgan fingerprint density at radius 2 is 2.13 bits per heavy atom. The molecule has 0 fully saturated rings. The first-order chi connectivity index (χ1) is 11.1. The van der Waals surface area contributed by atoms with E-state index >= 15 is 0 Å². The van der Waals surface area contributed by atoms with Gasteiger partial charge in [0.05, 0.1) is 16.3 Å². The molecule has 0 aliphatic heterocycles. The minimum atomic E-state index is -0.111. The number of nitrogens with two attached hydrogens (primary N) is 1. The number of halogens is 1. The number of aromatic nitrogens is 3. The molecule has 0 radical (unpaired) electrons. The molecule has 0 saturated carbocycles. The largest absolute Gasteiger partial charge is 0.335 e. The summed E-state index contributed by atoms with van der Waals surface area (Å²) in [5, 5.41) is 13.5. The van der Waals surface area contributed by atoms with Crippen LogP contribution in [0, 0.1) is 3.57 Å². The first kappa shape index (κ1) is 16.3. The predicted octanol–water partition coefficient (Wildman–Crippen LogP) is 3.06. The van der Waals surface area contributed by atoms with E-state index in [4.69, 9.17) is 5.84 Å². The fourth-order valence-corrected chi connectivity index (χ4v) is 3.71. The predicted molar refractivity (Wildman–Crippen MR) is 102 cm³/mol. The number of nitrogens with zero attached hydrogens (tertiary/aromatic N) is 3. The van der Waals surface area contributed by atoms with Crippen LogP contribution in [0.2, 0.25) is 0 Å². The number of anilines is 1. The third-order valence-corrected chi connectivity index (χ3v) is 5.64. The van der Waals surface area contributed by atoms with E-state index in [-0.39, 0.29) is 11.7 Å². The third-order valence-electron chi connectivity index (χ3n) is 2.89. The summed E-state index contributed by atoms with van der Waals surface area (Å²) < 4.78 is 2.40. The van der Waals surface area contributed by atoms with Crippen molar-refractivity contribution in [3.05, 3.63) is 45.3 Å². The number of thiophene rings is 1. The second kappa shape index (κ2) is 7.32. The van der Waals surface area contributed by atoms with Gasteiger partial charge in [-0.05, 0) is 46.2 Å². The van der Waals surface area contributed by atoms with Gasteiger partial charge in [-0.3, -0.25) is 4.79 Å². The Labute approximate surface area is 154 Å². The Balaban J connectivity index is 1.63. The fraction of sp³-hybridized carbons (Fsp3) is 0.0714. The van der Waals surface area contributed by atoms with Gasteiger partial charge in [-0.1, -0.05) is 30.0 Å². The first-order valence-corrected chi connectivity index (χ1v) is 9.51. The molecule has 0 unspecified atom stereocenters. The zero-order valence-corrected chi connectivity index (χ0v) is 15.6. The average Bonchev–Trinajstić information content (AvgIpc) is 3.17. The molecule has 3 aromatic rings. The van der Waals surface area contributed by atoms with Crippen LogP contribution in [0.3, 0.4) is 0 Å². The number of amides is 1. The van der Waals surface area contributed by atoms with Gasteiger partial charge in [-0.2, -0.15) is 0 Å². The number of hydrogen-bond donors (Lipinski definition) is 2. The van der Waals surface area contributed by atoms with Gasteiger partial charge in [0.15, 0.2) is 5.82 Å². The molecule has 0 aliphatic carbocycles. The molecule has 0 bridgehead atoms. The number of nitrogens with one attached hydrogen (secondary N) is 1. The summed E-state index contributed by atoms with van der Waals surface area (Å²) >= 11 is 4.97. The SMILES string of the molecule is Nn1c(SCC(=O)Nc2ccccc2I)nnc1-c1cccs1. The number of hydrogen-bond acceptors (Lipinski definition) is 6. The molecule has 2 aromatic heterocycles. The Hall–Kier alpha value is -1.59. The van der Waals surface area contributed by atoms with E-state index in [1.165, 1.54) is 27.8 Å². The maximum atomic E-state index is 12.1. The zero-order chi connectivity index (χ0) is 16.2. The van der Waals surface area contributed by atoms with Crippen molar-refractivity contribution in [1.29, 1.82) is 0 Å². The lowest BCUT2D eigenvalue weighted by atomic mass is 10.3. The van der Waals surface area contributed by atoms with Crippen LogP contribution in [0.5, 0.6) is 0 Å². The van der Waals surface area contributed by atoms with Crippen LogP contribution in [0.1, 0.15) is 0 Å². The summed E-state index contributed by atoms with van der Waals surface area (Å²) in [6.07, 6.45) is 0. The maximum absolute atomic E-state index is 12.1. The molecule has 0 atom stereocenters. The van der Waals surface area contributed by atoms with Gasteiger partial charge in [0.25, 0.3) is 0 Å². The van der Waals surface area contributed by atoms with Crippen molar-refractivity contribution in [3.8, 4) is 10.7 Å². The number of thioether (sulfide) groups is 1. The summed E-state index contributed by atoms with van der Waals surface area (Å²) in [5.41, 5.74) is 0.798. The highest BCUT2D eigenvalue weighted by Gasteiger charge is 2.14. The summed E-state index contributed by atoms with van der Waals surface area (Å²) in [6.45, 7) is 0. The fourth-order valence-electron chi connectivity index (χ4n) is 1.83. The van der Waals surface area contributed by atoms with E-state index in [0.29, 0.717) is 11.0 Å². The Bertz CT molecular complexity index is 818. The molecule has 0 saturated heterocycles. The number of nitrogen functional groups attached to an aromatic ring is 1. The van der Waals surface area contributed by atoms with Gasteiger partial charge in [0.2, 0.25) is 11.1 Å². The molecular weight excluding hydrogens is 445 g/mol. The average molecular weight is 457 g/mol. The van der Waals surface area contributed by atoms with Crippen LogP contribution in [-0.2, 0) is 4.79 Å². The van der Waals surface area contributed by atoms with Crippen molar-refractivity contribution in [3.63, 3.8) is 0 Å². The van der Waals surface area contributed by atoms with E-state index in [1.54, 1.807) is 0 Å². The Kier molecular flexibility index (Phi) is 5.18. The van der Waals surface area contributed by atoms with Crippen LogP contribution in [0.15, 0.2) is 46.9 Å². The summed E-state index contributed by atoms with van der Waals surface area (Å²) in [5.74, 6) is 6.70. The lowest BCUT2D eigenvalue weighted by Crippen LogP contribution is -2.16. The third kappa shape index (κ3) is 3.85. The second-order valence-electron chi connectivity index (χ2n) is 4.47. The normalized spacial score (nSPS) is 10.7. The van der Waals surface area contributed by atoms with E-state index in [1.807, 2.05) is 41.8 Å². The first-order valence-electron chi connectivity index (χ1n) is 6.56. The highest BCUT2D eigenvalue weighted by Crippen LogP contribution is 2.25. The summed E-state index contributed by atoms with van der Waals surface area (Å²) in [4.78, 5) is 13.0. The topological polar surface area (TPSA) is 85.8 Å². The van der Waals surface area contributed by atoms with Crippen LogP contribution >= 0.6 is 45.7 Å². The molecule has 3 rings (SSSR count). The van der Waals surface area contributed by atoms with Crippen LogP contribution < -0.4 is 11.2 Å². The van der Waals surface area contributed by atoms with Gasteiger partial charge in [0.1, 0.15) is 0 Å². The highest BCUT2D eigenvalue weighted by atomic mass is 127. The minimum Gasteiger partial charge on any atom is -0.335 e. The van der Waals surface area contributed by atoms with E-state index in [0.717, 1.165) is 14.1 Å². The van der Waals surface area contributed by atoms with Crippen LogP contribution in [0.25, 0.3) is 10.7 Å². The van der Waals surface area contributed by atoms with Gasteiger partial charge < -0.3 is 11.2 Å². The summed E-state index contributed by atoms with van der Waals surface area (Å²) in [6, 6.07) is 11.5. The van der Waals surface area contributed by atoms with Crippen molar-refractivity contribution in [2.45, 2.75) is 5.16 Å². The summed E-state index contributed by atoms with van der Waals surface area (Å²) in [7, 11) is 0. The molecule has 118 valence electrons. The van der Waals surface area contributed by atoms with Crippen molar-refractivity contribution in [2.75, 3.05) is 16.9 Å². The quantitative estimate of drug-likeness (QED) is 0.350. The van der Waals surface area contributed by atoms with Crippen molar-refractivity contribution in [1.82, 2.24) is 14.9 Å². The second-order valence-corrected chi connectivity index (χ2v) is 7.52. The molecule has 0 aliphatic rings.